The number of alkyl halides is 3. The van der Waals surface area contributed by atoms with Crippen molar-refractivity contribution in [3.63, 3.8) is 0 Å². The monoisotopic (exact) mass is 498 g/mol. The number of hydrogen-bond acceptors (Lipinski definition) is 5. The van der Waals surface area contributed by atoms with Crippen LogP contribution in [0.2, 0.25) is 5.02 Å². The molecule has 2 aromatic rings. The van der Waals surface area contributed by atoms with Crippen LogP contribution in [-0.2, 0) is 28.8 Å². The molecule has 1 fully saturated rings. The minimum atomic E-state index is -4.31. The molecule has 2 aromatic carbocycles. The molecule has 186 valence electrons. The number of hydrogen-bond donors (Lipinski definition) is 0. The van der Waals surface area contributed by atoms with Gasteiger partial charge < -0.3 is 9.47 Å². The summed E-state index contributed by atoms with van der Waals surface area (Å²) in [5, 5.41) is 0.560. The molecule has 0 radical (unpaired) electrons. The Morgan fingerprint density at radius 2 is 1.56 bits per heavy atom. The largest absolute Gasteiger partial charge is 0.476 e. The van der Waals surface area contributed by atoms with E-state index in [2.05, 4.69) is 9.80 Å². The molecule has 34 heavy (non-hydrogen) atoms. The predicted molar refractivity (Wildman–Crippen MR) is 125 cm³/mol. The number of carbonyl (C=O) groups excluding carboxylic acids is 1. The highest BCUT2D eigenvalue weighted by molar-refractivity contribution is 6.31. The molecular formula is C25H30ClF3N2O3. The maximum Gasteiger partial charge on any atom is 0.416 e. The molecule has 0 saturated carbocycles. The minimum absolute atomic E-state index is 0.281. The Kier molecular flexibility index (Phi) is 8.49. The molecule has 1 aliphatic heterocycles. The van der Waals surface area contributed by atoms with Crippen molar-refractivity contribution in [3.8, 4) is 5.75 Å². The van der Waals surface area contributed by atoms with Gasteiger partial charge in [-0.3, -0.25) is 9.80 Å². The number of rotatable bonds is 8. The Bertz CT molecular complexity index is 972. The van der Waals surface area contributed by atoms with Crippen molar-refractivity contribution < 1.29 is 27.4 Å². The highest BCUT2D eigenvalue weighted by atomic mass is 35.5. The summed E-state index contributed by atoms with van der Waals surface area (Å²) in [6.07, 6.45) is -4.31. The summed E-state index contributed by atoms with van der Waals surface area (Å²) in [6.45, 7) is 9.89. The molecule has 0 aliphatic carbocycles. The van der Waals surface area contributed by atoms with Gasteiger partial charge in [0.1, 0.15) is 5.75 Å². The lowest BCUT2D eigenvalue weighted by atomic mass is 10.1. The highest BCUT2D eigenvalue weighted by Crippen LogP contribution is 2.30. The van der Waals surface area contributed by atoms with E-state index < -0.39 is 23.3 Å². The van der Waals surface area contributed by atoms with Gasteiger partial charge in [0.2, 0.25) is 0 Å². The van der Waals surface area contributed by atoms with Gasteiger partial charge in [-0.15, -0.1) is 0 Å². The van der Waals surface area contributed by atoms with E-state index >= 15 is 0 Å². The topological polar surface area (TPSA) is 42.0 Å². The summed E-state index contributed by atoms with van der Waals surface area (Å²) in [6, 6.07) is 10.8. The fraction of sp³-hybridized carbons (Fsp3) is 0.480. The molecule has 0 spiro atoms. The van der Waals surface area contributed by atoms with Crippen LogP contribution in [0, 0.1) is 0 Å². The smallest absolute Gasteiger partial charge is 0.416 e. The number of halogens is 4. The van der Waals surface area contributed by atoms with Crippen LogP contribution in [0.15, 0.2) is 42.5 Å². The summed E-state index contributed by atoms with van der Waals surface area (Å²) in [7, 11) is 0. The molecule has 1 saturated heterocycles. The maximum atomic E-state index is 12.7. The molecule has 0 atom stereocenters. The Morgan fingerprint density at radius 3 is 2.09 bits per heavy atom. The second kappa shape index (κ2) is 11.0. The zero-order chi connectivity index (χ0) is 24.9. The quantitative estimate of drug-likeness (QED) is 0.456. The van der Waals surface area contributed by atoms with E-state index in [1.807, 2.05) is 6.07 Å². The molecule has 0 aromatic heterocycles. The molecule has 0 unspecified atom stereocenters. The minimum Gasteiger partial charge on any atom is -0.476 e. The van der Waals surface area contributed by atoms with E-state index in [0.717, 1.165) is 49.4 Å². The summed E-state index contributed by atoms with van der Waals surface area (Å²) in [4.78, 5) is 16.6. The summed E-state index contributed by atoms with van der Waals surface area (Å²) in [5.41, 5.74) is 0.0772. The first-order valence-corrected chi connectivity index (χ1v) is 11.6. The second-order valence-electron chi connectivity index (χ2n) is 8.83. The standard InChI is InChI=1S/C25H30ClF3N2O3/c1-4-33-23(32)24(2,3)34-21-10-7-19(22(26)15-21)17-31-13-11-30(12-14-31)16-18-5-8-20(9-6-18)25(27,28)29/h5-10,15H,4,11-14,16-17H2,1-3H3. The first-order chi connectivity index (χ1) is 16.0. The Morgan fingerprint density at radius 1 is 0.971 bits per heavy atom. The van der Waals surface area contributed by atoms with Crippen molar-refractivity contribution in [1.29, 1.82) is 0 Å². The third-order valence-corrected chi connectivity index (χ3v) is 6.06. The van der Waals surface area contributed by atoms with Crippen LogP contribution in [0.25, 0.3) is 0 Å². The Hall–Kier alpha value is -2.29. The maximum absolute atomic E-state index is 12.7. The Labute approximate surface area is 203 Å². The van der Waals surface area contributed by atoms with E-state index in [4.69, 9.17) is 21.1 Å². The van der Waals surface area contributed by atoms with Gasteiger partial charge in [-0.1, -0.05) is 29.8 Å². The van der Waals surface area contributed by atoms with Gasteiger partial charge >= 0.3 is 12.1 Å². The van der Waals surface area contributed by atoms with Crippen molar-refractivity contribution in [1.82, 2.24) is 9.80 Å². The fourth-order valence-corrected chi connectivity index (χ4v) is 3.99. The number of esters is 1. The number of nitrogens with zero attached hydrogens (tertiary/aromatic N) is 2. The number of ether oxygens (including phenoxy) is 2. The molecule has 0 N–H and O–H groups in total. The van der Waals surface area contributed by atoms with Gasteiger partial charge in [-0.05, 0) is 56.2 Å². The first-order valence-electron chi connectivity index (χ1n) is 11.2. The molecule has 3 rings (SSSR count). The van der Waals surface area contributed by atoms with Crippen LogP contribution < -0.4 is 4.74 Å². The van der Waals surface area contributed by atoms with Gasteiger partial charge in [-0.25, -0.2) is 4.79 Å². The van der Waals surface area contributed by atoms with E-state index in [1.54, 1.807) is 45.0 Å². The number of benzene rings is 2. The lowest BCUT2D eigenvalue weighted by molar-refractivity contribution is -0.158. The molecule has 0 bridgehead atoms. The van der Waals surface area contributed by atoms with Crippen molar-refractivity contribution in [2.24, 2.45) is 0 Å². The van der Waals surface area contributed by atoms with E-state index in [0.29, 0.717) is 23.9 Å². The summed E-state index contributed by atoms with van der Waals surface area (Å²) in [5.74, 6) is 0.0533. The van der Waals surface area contributed by atoms with Crippen molar-refractivity contribution >= 4 is 17.6 Å². The van der Waals surface area contributed by atoms with Crippen molar-refractivity contribution in [2.75, 3.05) is 32.8 Å². The van der Waals surface area contributed by atoms with Gasteiger partial charge in [0.05, 0.1) is 12.2 Å². The van der Waals surface area contributed by atoms with Crippen LogP contribution in [0.1, 0.15) is 37.5 Å². The summed E-state index contributed by atoms with van der Waals surface area (Å²) >= 11 is 6.49. The highest BCUT2D eigenvalue weighted by Gasteiger charge is 2.32. The molecule has 5 nitrogen and oxygen atoms in total. The third kappa shape index (κ3) is 7.10. The Balaban J connectivity index is 1.50. The van der Waals surface area contributed by atoms with Gasteiger partial charge in [-0.2, -0.15) is 13.2 Å². The zero-order valence-electron chi connectivity index (χ0n) is 19.6. The van der Waals surface area contributed by atoms with Crippen LogP contribution in [0.5, 0.6) is 5.75 Å². The molecule has 1 aliphatic rings. The van der Waals surface area contributed by atoms with Crippen LogP contribution in [-0.4, -0.2) is 54.2 Å². The lowest BCUT2D eigenvalue weighted by Gasteiger charge is -2.35. The van der Waals surface area contributed by atoms with Gasteiger partial charge in [0.25, 0.3) is 0 Å². The van der Waals surface area contributed by atoms with E-state index in [-0.39, 0.29) is 6.61 Å². The SMILES string of the molecule is CCOC(=O)C(C)(C)Oc1ccc(CN2CCN(Cc3ccc(C(F)(F)F)cc3)CC2)c(Cl)c1. The lowest BCUT2D eigenvalue weighted by Crippen LogP contribution is -2.45. The normalized spacial score (nSPS) is 15.9. The van der Waals surface area contributed by atoms with Gasteiger partial charge in [0.15, 0.2) is 5.60 Å². The van der Waals surface area contributed by atoms with Crippen LogP contribution in [0.4, 0.5) is 13.2 Å². The molecular weight excluding hydrogens is 469 g/mol. The first kappa shape index (κ1) is 26.3. The van der Waals surface area contributed by atoms with Crippen molar-refractivity contribution in [2.45, 2.75) is 45.6 Å². The van der Waals surface area contributed by atoms with E-state index in [1.165, 1.54) is 0 Å². The fourth-order valence-electron chi connectivity index (χ4n) is 3.76. The molecule has 0 amide bonds. The van der Waals surface area contributed by atoms with E-state index in [9.17, 15) is 18.0 Å². The van der Waals surface area contributed by atoms with Crippen LogP contribution >= 0.6 is 11.6 Å². The predicted octanol–water partition coefficient (Wildman–Crippen LogP) is 5.40. The number of carbonyl (C=O) groups is 1. The average Bonchev–Trinajstić information content (AvgIpc) is 2.76. The van der Waals surface area contributed by atoms with Crippen molar-refractivity contribution in [3.05, 3.63) is 64.2 Å². The zero-order valence-corrected chi connectivity index (χ0v) is 20.4. The van der Waals surface area contributed by atoms with Gasteiger partial charge in [0, 0.05) is 44.3 Å². The van der Waals surface area contributed by atoms with Crippen LogP contribution in [0.3, 0.4) is 0 Å². The number of piperazine rings is 1. The molecule has 9 heteroatoms. The molecule has 1 heterocycles. The average molecular weight is 499 g/mol. The third-order valence-electron chi connectivity index (χ3n) is 5.71. The second-order valence-corrected chi connectivity index (χ2v) is 9.24. The summed E-state index contributed by atoms with van der Waals surface area (Å²) < 4.78 is 49.0.